The van der Waals surface area contributed by atoms with E-state index >= 15 is 0 Å². The summed E-state index contributed by atoms with van der Waals surface area (Å²) >= 11 is 0. The molecular weight excluding hydrogens is 486 g/mol. The lowest BCUT2D eigenvalue weighted by Crippen LogP contribution is -2.44. The molecule has 0 unspecified atom stereocenters. The second kappa shape index (κ2) is 12.1. The quantitative estimate of drug-likeness (QED) is 0.231. The zero-order valence-electron chi connectivity index (χ0n) is 17.8. The van der Waals surface area contributed by atoms with Gasteiger partial charge in [0.05, 0.1) is 0 Å². The Bertz CT molecular complexity index is 793. The molecule has 0 spiro atoms. The van der Waals surface area contributed by atoms with Crippen LogP contribution in [0.3, 0.4) is 0 Å². The van der Waals surface area contributed by atoms with Crippen molar-refractivity contribution in [3.05, 3.63) is 47.3 Å². The van der Waals surface area contributed by atoms with Gasteiger partial charge >= 0.3 is 0 Å². The van der Waals surface area contributed by atoms with Crippen LogP contribution in [-0.4, -0.2) is 47.5 Å². The molecule has 2 aromatic rings. The lowest BCUT2D eigenvalue weighted by Gasteiger charge is -2.27. The van der Waals surface area contributed by atoms with E-state index in [1.165, 1.54) is 6.07 Å². The van der Waals surface area contributed by atoms with E-state index in [4.69, 9.17) is 4.74 Å². The van der Waals surface area contributed by atoms with Gasteiger partial charge in [0.15, 0.2) is 11.8 Å². The van der Waals surface area contributed by atoms with Crippen molar-refractivity contribution in [1.29, 1.82) is 0 Å². The highest BCUT2D eigenvalue weighted by Crippen LogP contribution is 2.22. The van der Waals surface area contributed by atoms with E-state index in [9.17, 15) is 4.39 Å². The van der Waals surface area contributed by atoms with Crippen LogP contribution in [0.25, 0.3) is 0 Å². The Morgan fingerprint density at radius 1 is 1.28 bits per heavy atom. The maximum atomic E-state index is 13.6. The average Bonchev–Trinajstić information content (AvgIpc) is 2.98. The maximum Gasteiger partial charge on any atom is 0.191 e. The van der Waals surface area contributed by atoms with Gasteiger partial charge in [0.25, 0.3) is 0 Å². The first kappa shape index (κ1) is 25.3. The van der Waals surface area contributed by atoms with Crippen molar-refractivity contribution < 1.29 is 9.13 Å². The van der Waals surface area contributed by atoms with Crippen LogP contribution in [0.15, 0.2) is 29.3 Å². The highest BCUT2D eigenvalue weighted by atomic mass is 127. The number of hydrogen-bond donors (Lipinski definition) is 2. The molecule has 0 amide bonds. The Morgan fingerprint density at radius 3 is 2.66 bits per heavy atom. The molecule has 0 saturated carbocycles. The number of aryl methyl sites for hydroxylation is 1. The Balaban J connectivity index is 0.00000420. The Hall–Kier alpha value is -1.75. The maximum absolute atomic E-state index is 13.6. The molecule has 1 aromatic heterocycles. The molecule has 0 saturated heterocycles. The minimum Gasteiger partial charge on any atom is -0.385 e. The lowest BCUT2D eigenvalue weighted by molar-refractivity contribution is 0.195. The first-order valence-corrected chi connectivity index (χ1v) is 9.45. The van der Waals surface area contributed by atoms with Crippen LogP contribution in [0.5, 0.6) is 0 Å². The van der Waals surface area contributed by atoms with Crippen molar-refractivity contribution >= 4 is 29.9 Å². The highest BCUT2D eigenvalue weighted by molar-refractivity contribution is 14.0. The zero-order chi connectivity index (χ0) is 20.6. The number of nitrogens with zero attached hydrogens (tertiary/aromatic N) is 4. The summed E-state index contributed by atoms with van der Waals surface area (Å²) in [6, 6.07) is 6.71. The van der Waals surface area contributed by atoms with Crippen LogP contribution >= 0.6 is 24.0 Å². The summed E-state index contributed by atoms with van der Waals surface area (Å²) in [6.07, 6.45) is 0.869. The van der Waals surface area contributed by atoms with Crippen molar-refractivity contribution in [2.45, 2.75) is 39.2 Å². The van der Waals surface area contributed by atoms with Crippen molar-refractivity contribution in [2.24, 2.45) is 12.0 Å². The molecule has 1 aromatic carbocycles. The molecular formula is C20H32FIN6O. The number of methoxy groups -OCH3 is 1. The number of hydrogen-bond acceptors (Lipinski definition) is 4. The van der Waals surface area contributed by atoms with Gasteiger partial charge in [0.2, 0.25) is 0 Å². The van der Waals surface area contributed by atoms with Gasteiger partial charge in [-0.1, -0.05) is 26.0 Å². The average molecular weight is 518 g/mol. The fourth-order valence-electron chi connectivity index (χ4n) is 2.65. The highest BCUT2D eigenvalue weighted by Gasteiger charge is 2.21. The summed E-state index contributed by atoms with van der Waals surface area (Å²) in [5, 5.41) is 14.9. The molecule has 0 aliphatic rings. The molecule has 29 heavy (non-hydrogen) atoms. The third kappa shape index (κ3) is 7.88. The van der Waals surface area contributed by atoms with Crippen LogP contribution in [0.2, 0.25) is 0 Å². The second-order valence-corrected chi connectivity index (χ2v) is 7.41. The fourth-order valence-corrected chi connectivity index (χ4v) is 2.65. The van der Waals surface area contributed by atoms with Gasteiger partial charge in [-0.25, -0.2) is 9.38 Å². The fraction of sp³-hybridized carbons (Fsp3) is 0.550. The van der Waals surface area contributed by atoms with Gasteiger partial charge in [0, 0.05) is 39.3 Å². The largest absolute Gasteiger partial charge is 0.385 e. The number of halogens is 2. The van der Waals surface area contributed by atoms with E-state index in [1.807, 2.05) is 24.6 Å². The number of rotatable bonds is 9. The van der Waals surface area contributed by atoms with E-state index < -0.39 is 0 Å². The summed E-state index contributed by atoms with van der Waals surface area (Å²) < 4.78 is 20.6. The number of guanidine groups is 1. The first-order chi connectivity index (χ1) is 13.3. The SMILES string of the molecule is COCCCNC(=NCc1nnc(C)n1C)NCC(C)(C)c1cccc(F)c1.I. The summed E-state index contributed by atoms with van der Waals surface area (Å²) in [7, 11) is 3.61. The summed E-state index contributed by atoms with van der Waals surface area (Å²) in [4.78, 5) is 4.64. The molecule has 7 nitrogen and oxygen atoms in total. The van der Waals surface area contributed by atoms with E-state index in [2.05, 4.69) is 39.7 Å². The number of aromatic nitrogens is 3. The van der Waals surface area contributed by atoms with Crippen molar-refractivity contribution in [3.63, 3.8) is 0 Å². The van der Waals surface area contributed by atoms with E-state index in [-0.39, 0.29) is 35.2 Å². The standard InChI is InChI=1S/C20H31FN6O.HI/c1-15-25-26-18(27(15)4)13-23-19(22-10-7-11-28-5)24-14-20(2,3)16-8-6-9-17(21)12-16;/h6,8-9,12H,7,10-11,13-14H2,1-5H3,(H2,22,23,24);1H. The zero-order valence-corrected chi connectivity index (χ0v) is 20.2. The molecule has 1 heterocycles. The molecule has 9 heteroatoms. The number of ether oxygens (including phenoxy) is 1. The number of aliphatic imine (C=N–C) groups is 1. The van der Waals surface area contributed by atoms with Crippen LogP contribution in [0, 0.1) is 12.7 Å². The van der Waals surface area contributed by atoms with E-state index in [0.29, 0.717) is 25.7 Å². The first-order valence-electron chi connectivity index (χ1n) is 9.45. The van der Waals surface area contributed by atoms with Gasteiger partial charge in [-0.05, 0) is 31.0 Å². The van der Waals surface area contributed by atoms with Crippen LogP contribution in [0.4, 0.5) is 4.39 Å². The smallest absolute Gasteiger partial charge is 0.191 e. The number of benzene rings is 1. The Labute approximate surface area is 189 Å². The second-order valence-electron chi connectivity index (χ2n) is 7.41. The van der Waals surface area contributed by atoms with Crippen LogP contribution < -0.4 is 10.6 Å². The van der Waals surface area contributed by atoms with Crippen LogP contribution in [-0.2, 0) is 23.7 Å². The molecule has 0 fully saturated rings. The summed E-state index contributed by atoms with van der Waals surface area (Å²) in [5.74, 6) is 2.09. The van der Waals surface area contributed by atoms with Crippen molar-refractivity contribution in [1.82, 2.24) is 25.4 Å². The van der Waals surface area contributed by atoms with E-state index in [1.54, 1.807) is 19.2 Å². The minimum atomic E-state index is -0.265. The molecule has 0 aliphatic heterocycles. The molecule has 0 aliphatic carbocycles. The van der Waals surface area contributed by atoms with Crippen molar-refractivity contribution in [2.75, 3.05) is 26.8 Å². The molecule has 2 rings (SSSR count). The summed E-state index contributed by atoms with van der Waals surface area (Å²) in [5.41, 5.74) is 0.668. The molecule has 2 N–H and O–H groups in total. The molecule has 0 bridgehead atoms. The van der Waals surface area contributed by atoms with Gasteiger partial charge in [-0.15, -0.1) is 34.2 Å². The normalized spacial score (nSPS) is 11.9. The monoisotopic (exact) mass is 518 g/mol. The third-order valence-corrected chi connectivity index (χ3v) is 4.68. The Morgan fingerprint density at radius 2 is 2.03 bits per heavy atom. The lowest BCUT2D eigenvalue weighted by atomic mass is 9.84. The van der Waals surface area contributed by atoms with Crippen molar-refractivity contribution in [3.8, 4) is 0 Å². The predicted octanol–water partition coefficient (Wildman–Crippen LogP) is 2.93. The van der Waals surface area contributed by atoms with Gasteiger partial charge < -0.3 is 19.9 Å². The van der Waals surface area contributed by atoms with Crippen LogP contribution in [0.1, 0.15) is 37.5 Å². The van der Waals surface area contributed by atoms with Gasteiger partial charge in [-0.2, -0.15) is 0 Å². The predicted molar refractivity (Wildman–Crippen MR) is 124 cm³/mol. The minimum absolute atomic E-state index is 0. The third-order valence-electron chi connectivity index (χ3n) is 4.68. The summed E-state index contributed by atoms with van der Waals surface area (Å²) in [6.45, 7) is 8.48. The molecule has 162 valence electrons. The number of nitrogens with one attached hydrogen (secondary N) is 2. The van der Waals surface area contributed by atoms with Gasteiger partial charge in [-0.3, -0.25) is 0 Å². The van der Waals surface area contributed by atoms with E-state index in [0.717, 1.165) is 30.2 Å². The molecule has 0 radical (unpaired) electrons. The molecule has 0 atom stereocenters. The van der Waals surface area contributed by atoms with Gasteiger partial charge in [0.1, 0.15) is 18.2 Å². The topological polar surface area (TPSA) is 76.4 Å². The Kier molecular flexibility index (Phi) is 10.5.